The van der Waals surface area contributed by atoms with Crippen LogP contribution in [-0.4, -0.2) is 47.0 Å². The minimum absolute atomic E-state index is 0.0374. The Labute approximate surface area is 155 Å². The molecule has 1 unspecified atom stereocenters. The average molecular weight is 350 g/mol. The quantitative estimate of drug-likeness (QED) is 0.922. The van der Waals surface area contributed by atoms with Crippen molar-refractivity contribution in [1.82, 2.24) is 9.80 Å². The van der Waals surface area contributed by atoms with Crippen molar-refractivity contribution < 1.29 is 9.90 Å². The Morgan fingerprint density at radius 3 is 2.62 bits per heavy atom. The van der Waals surface area contributed by atoms with Gasteiger partial charge in [0, 0.05) is 31.6 Å². The minimum Gasteiger partial charge on any atom is -0.507 e. The second-order valence-corrected chi connectivity index (χ2v) is 7.89. The first kappa shape index (κ1) is 17.1. The van der Waals surface area contributed by atoms with Crippen LogP contribution in [0.5, 0.6) is 5.75 Å². The molecule has 0 bridgehead atoms. The van der Waals surface area contributed by atoms with Crippen molar-refractivity contribution in [2.45, 2.75) is 26.3 Å². The molecule has 0 radical (unpaired) electrons. The van der Waals surface area contributed by atoms with E-state index in [1.807, 2.05) is 24.0 Å². The van der Waals surface area contributed by atoms with Gasteiger partial charge >= 0.3 is 0 Å². The van der Waals surface area contributed by atoms with Crippen LogP contribution in [0.3, 0.4) is 0 Å². The monoisotopic (exact) mass is 350 g/mol. The Hall–Kier alpha value is -2.33. The molecule has 0 aromatic heterocycles. The molecule has 2 aromatic rings. The van der Waals surface area contributed by atoms with Crippen molar-refractivity contribution >= 4 is 5.91 Å². The molecular formula is C22H26N2O2. The fourth-order valence-electron chi connectivity index (χ4n) is 4.45. The molecule has 26 heavy (non-hydrogen) atoms. The molecular weight excluding hydrogens is 324 g/mol. The molecule has 2 aliphatic rings. The zero-order valence-corrected chi connectivity index (χ0v) is 15.3. The third kappa shape index (κ3) is 3.21. The van der Waals surface area contributed by atoms with Crippen LogP contribution in [0.25, 0.3) is 0 Å². The number of phenols is 1. The molecule has 2 saturated heterocycles. The zero-order valence-electron chi connectivity index (χ0n) is 15.3. The second-order valence-electron chi connectivity index (χ2n) is 7.89. The van der Waals surface area contributed by atoms with Crippen LogP contribution in [0, 0.1) is 12.3 Å². The molecule has 0 saturated carbocycles. The molecule has 4 nitrogen and oxygen atoms in total. The Morgan fingerprint density at radius 2 is 1.81 bits per heavy atom. The van der Waals surface area contributed by atoms with Gasteiger partial charge in [0.1, 0.15) is 5.75 Å². The van der Waals surface area contributed by atoms with E-state index in [1.165, 1.54) is 5.56 Å². The second kappa shape index (κ2) is 6.76. The number of carbonyl (C=O) groups excluding carboxylic acids is 1. The maximum absolute atomic E-state index is 12.9. The topological polar surface area (TPSA) is 43.8 Å². The van der Waals surface area contributed by atoms with Crippen LogP contribution in [0.4, 0.5) is 0 Å². The van der Waals surface area contributed by atoms with E-state index in [4.69, 9.17) is 0 Å². The summed E-state index contributed by atoms with van der Waals surface area (Å²) < 4.78 is 0. The highest BCUT2D eigenvalue weighted by molar-refractivity contribution is 5.97. The number of aryl methyl sites for hydroxylation is 1. The molecule has 2 heterocycles. The number of hydrogen-bond donors (Lipinski definition) is 1. The Kier molecular flexibility index (Phi) is 4.45. The van der Waals surface area contributed by atoms with Gasteiger partial charge in [0.05, 0.1) is 5.56 Å². The van der Waals surface area contributed by atoms with Crippen molar-refractivity contribution in [1.29, 1.82) is 0 Å². The lowest BCUT2D eigenvalue weighted by Gasteiger charge is -2.25. The number of likely N-dealkylation sites (tertiary alicyclic amines) is 2. The highest BCUT2D eigenvalue weighted by atomic mass is 16.3. The third-order valence-corrected chi connectivity index (χ3v) is 5.96. The molecule has 1 spiro atoms. The molecule has 2 aromatic carbocycles. The van der Waals surface area contributed by atoms with E-state index in [-0.39, 0.29) is 17.1 Å². The van der Waals surface area contributed by atoms with Crippen LogP contribution >= 0.6 is 0 Å². The van der Waals surface area contributed by atoms with E-state index in [2.05, 4.69) is 35.2 Å². The summed E-state index contributed by atoms with van der Waals surface area (Å²) in [5, 5.41) is 10.2. The van der Waals surface area contributed by atoms with Gasteiger partial charge in [0.2, 0.25) is 0 Å². The number of hydrogen-bond acceptors (Lipinski definition) is 3. The number of amides is 1. The minimum atomic E-state index is -0.0374. The van der Waals surface area contributed by atoms with E-state index < -0.39 is 0 Å². The van der Waals surface area contributed by atoms with Gasteiger partial charge in [-0.1, -0.05) is 42.5 Å². The van der Waals surface area contributed by atoms with E-state index >= 15 is 0 Å². The number of rotatable bonds is 3. The number of phenolic OH excluding ortho intramolecular Hbond substituents is 1. The van der Waals surface area contributed by atoms with Crippen molar-refractivity contribution in [2.24, 2.45) is 5.41 Å². The van der Waals surface area contributed by atoms with Crippen molar-refractivity contribution in [3.63, 3.8) is 0 Å². The van der Waals surface area contributed by atoms with Crippen LogP contribution in [0.15, 0.2) is 48.5 Å². The summed E-state index contributed by atoms with van der Waals surface area (Å²) in [7, 11) is 0. The van der Waals surface area contributed by atoms with Crippen molar-refractivity contribution in [3.8, 4) is 5.75 Å². The summed E-state index contributed by atoms with van der Waals surface area (Å²) >= 11 is 0. The lowest BCUT2D eigenvalue weighted by molar-refractivity contribution is 0.0770. The molecule has 136 valence electrons. The summed E-state index contributed by atoms with van der Waals surface area (Å²) in [5.41, 5.74) is 2.74. The summed E-state index contributed by atoms with van der Waals surface area (Å²) in [6.45, 7) is 6.53. The average Bonchev–Trinajstić information content (AvgIpc) is 3.25. The Balaban J connectivity index is 1.42. The lowest BCUT2D eigenvalue weighted by atomic mass is 9.86. The van der Waals surface area contributed by atoms with E-state index in [0.717, 1.165) is 51.1 Å². The first-order valence-corrected chi connectivity index (χ1v) is 9.40. The smallest absolute Gasteiger partial charge is 0.257 e. The predicted octanol–water partition coefficient (Wildman–Crippen LogP) is 3.44. The van der Waals surface area contributed by atoms with Gasteiger partial charge in [0.25, 0.3) is 5.91 Å². The number of aromatic hydroxyl groups is 1. The summed E-state index contributed by atoms with van der Waals surface area (Å²) in [6.07, 6.45) is 2.19. The normalized spacial score (nSPS) is 23.0. The van der Waals surface area contributed by atoms with Gasteiger partial charge in [-0.2, -0.15) is 0 Å². The first-order valence-electron chi connectivity index (χ1n) is 9.40. The molecule has 1 amide bonds. The predicted molar refractivity (Wildman–Crippen MR) is 102 cm³/mol. The van der Waals surface area contributed by atoms with Crippen LogP contribution in [0.1, 0.15) is 34.3 Å². The Bertz CT molecular complexity index is 805. The SMILES string of the molecule is Cc1cccc(C(=O)N2CCC3(CCN(Cc4ccccc4)C3)C2)c1O. The maximum Gasteiger partial charge on any atom is 0.257 e. The van der Waals surface area contributed by atoms with E-state index in [0.29, 0.717) is 5.56 Å². The molecule has 2 aliphatic heterocycles. The standard InChI is InChI=1S/C22H26N2O2/c1-17-6-5-9-19(20(17)25)21(26)24-13-11-22(16-24)10-12-23(15-22)14-18-7-3-2-4-8-18/h2-9,25H,10-16H2,1H3. The largest absolute Gasteiger partial charge is 0.507 e. The third-order valence-electron chi connectivity index (χ3n) is 5.96. The van der Waals surface area contributed by atoms with Crippen molar-refractivity contribution in [2.75, 3.05) is 26.2 Å². The van der Waals surface area contributed by atoms with Crippen molar-refractivity contribution in [3.05, 3.63) is 65.2 Å². The van der Waals surface area contributed by atoms with Gasteiger partial charge in [0.15, 0.2) is 0 Å². The maximum atomic E-state index is 12.9. The highest BCUT2D eigenvalue weighted by Crippen LogP contribution is 2.40. The number of nitrogens with zero attached hydrogens (tertiary/aromatic N) is 2. The molecule has 0 aliphatic carbocycles. The van der Waals surface area contributed by atoms with E-state index in [9.17, 15) is 9.90 Å². The van der Waals surface area contributed by atoms with Crippen LogP contribution in [0.2, 0.25) is 0 Å². The summed E-state index contributed by atoms with van der Waals surface area (Å²) in [4.78, 5) is 17.3. The number of benzene rings is 2. The number of carbonyl (C=O) groups is 1. The molecule has 4 rings (SSSR count). The number of para-hydroxylation sites is 1. The summed E-state index contributed by atoms with van der Waals surface area (Å²) in [6, 6.07) is 16.0. The van der Waals surface area contributed by atoms with Gasteiger partial charge in [-0.05, 0) is 43.5 Å². The fraction of sp³-hybridized carbons (Fsp3) is 0.409. The zero-order chi connectivity index (χ0) is 18.1. The van der Waals surface area contributed by atoms with Crippen LogP contribution < -0.4 is 0 Å². The van der Waals surface area contributed by atoms with Gasteiger partial charge in [-0.25, -0.2) is 0 Å². The van der Waals surface area contributed by atoms with Crippen LogP contribution in [-0.2, 0) is 6.54 Å². The molecule has 4 heteroatoms. The molecule has 2 fully saturated rings. The summed E-state index contributed by atoms with van der Waals surface area (Å²) in [5.74, 6) is 0.0835. The van der Waals surface area contributed by atoms with Gasteiger partial charge in [-0.15, -0.1) is 0 Å². The lowest BCUT2D eigenvalue weighted by Crippen LogP contribution is -2.34. The van der Waals surface area contributed by atoms with Gasteiger partial charge in [-0.3, -0.25) is 9.69 Å². The Morgan fingerprint density at radius 1 is 1.04 bits per heavy atom. The molecule has 1 atom stereocenters. The molecule has 1 N–H and O–H groups in total. The van der Waals surface area contributed by atoms with E-state index in [1.54, 1.807) is 6.07 Å². The first-order chi connectivity index (χ1) is 12.6. The fourth-order valence-corrected chi connectivity index (χ4v) is 4.45. The highest BCUT2D eigenvalue weighted by Gasteiger charge is 2.44. The van der Waals surface area contributed by atoms with Gasteiger partial charge < -0.3 is 10.0 Å².